The van der Waals surface area contributed by atoms with Gasteiger partial charge >= 0.3 is 0 Å². The van der Waals surface area contributed by atoms with Crippen molar-refractivity contribution in [3.8, 4) is 0 Å². The summed E-state index contributed by atoms with van der Waals surface area (Å²) in [5.74, 6) is 0. The molecule has 0 saturated carbocycles. The molecule has 0 rings (SSSR count). The summed E-state index contributed by atoms with van der Waals surface area (Å²) in [7, 11) is 0. The molecule has 0 atom stereocenters. The lowest BCUT2D eigenvalue weighted by Gasteiger charge is -2.36. The van der Waals surface area contributed by atoms with Crippen molar-refractivity contribution >= 4 is 0 Å². The molecule has 0 aliphatic carbocycles. The minimum absolute atomic E-state index is 1.02. The van der Waals surface area contributed by atoms with E-state index in [0.29, 0.717) is 0 Å². The SMILES string of the molecule is C=CC[N+](CC=C)(CC=C)CCCCCCCCCCCCCCCCCC. The first-order valence-electron chi connectivity index (χ1n) is 12.4. The summed E-state index contributed by atoms with van der Waals surface area (Å²) < 4.78 is 1.05. The van der Waals surface area contributed by atoms with Crippen molar-refractivity contribution in [2.75, 3.05) is 26.2 Å². The van der Waals surface area contributed by atoms with E-state index in [9.17, 15) is 0 Å². The Morgan fingerprint density at radius 2 is 0.750 bits per heavy atom. The van der Waals surface area contributed by atoms with E-state index in [4.69, 9.17) is 0 Å². The van der Waals surface area contributed by atoms with Crippen LogP contribution in [0.25, 0.3) is 0 Å². The second-order valence-electron chi connectivity index (χ2n) is 8.78. The second-order valence-corrected chi connectivity index (χ2v) is 8.78. The smallest absolute Gasteiger partial charge is 0.0975 e. The normalized spacial score (nSPS) is 11.5. The highest BCUT2D eigenvalue weighted by atomic mass is 15.3. The number of hydrogen-bond acceptors (Lipinski definition) is 0. The largest absolute Gasteiger partial charge is 0.314 e. The van der Waals surface area contributed by atoms with Crippen LogP contribution in [0.2, 0.25) is 0 Å². The molecular weight excluding hydrogens is 338 g/mol. The van der Waals surface area contributed by atoms with Crippen molar-refractivity contribution in [2.45, 2.75) is 110 Å². The van der Waals surface area contributed by atoms with E-state index in [-0.39, 0.29) is 0 Å². The van der Waals surface area contributed by atoms with Gasteiger partial charge < -0.3 is 4.48 Å². The van der Waals surface area contributed by atoms with Crippen LogP contribution in [0.15, 0.2) is 38.0 Å². The number of nitrogens with zero attached hydrogens (tertiary/aromatic N) is 1. The van der Waals surface area contributed by atoms with E-state index in [0.717, 1.165) is 24.1 Å². The average Bonchev–Trinajstić information content (AvgIpc) is 2.68. The maximum Gasteiger partial charge on any atom is 0.0975 e. The van der Waals surface area contributed by atoms with Crippen LogP contribution in [0, 0.1) is 0 Å². The molecule has 0 aliphatic rings. The third-order valence-corrected chi connectivity index (χ3v) is 6.04. The predicted octanol–water partition coefficient (Wildman–Crippen LogP) is 8.62. The molecule has 1 nitrogen and oxygen atoms in total. The fourth-order valence-corrected chi connectivity index (χ4v) is 4.31. The molecule has 0 unspecified atom stereocenters. The number of rotatable bonds is 23. The highest BCUT2D eigenvalue weighted by Gasteiger charge is 2.21. The van der Waals surface area contributed by atoms with Crippen molar-refractivity contribution in [1.29, 1.82) is 0 Å². The van der Waals surface area contributed by atoms with Crippen molar-refractivity contribution in [3.05, 3.63) is 38.0 Å². The lowest BCUT2D eigenvalue weighted by molar-refractivity contribution is -0.912. The molecule has 0 aromatic rings. The van der Waals surface area contributed by atoms with Gasteiger partial charge in [-0.1, -0.05) is 117 Å². The van der Waals surface area contributed by atoms with Gasteiger partial charge in [-0.05, 0) is 31.1 Å². The summed E-state index contributed by atoms with van der Waals surface area (Å²) in [6.45, 7) is 18.4. The van der Waals surface area contributed by atoms with Crippen molar-refractivity contribution in [2.24, 2.45) is 0 Å². The van der Waals surface area contributed by atoms with E-state index in [1.165, 1.54) is 109 Å². The fraction of sp³-hybridized carbons (Fsp3) is 0.778. The third kappa shape index (κ3) is 16.2. The number of unbranched alkanes of at least 4 members (excludes halogenated alkanes) is 15. The van der Waals surface area contributed by atoms with Crippen LogP contribution in [0.1, 0.15) is 110 Å². The van der Waals surface area contributed by atoms with Crippen LogP contribution in [0.4, 0.5) is 0 Å². The molecule has 0 amide bonds. The van der Waals surface area contributed by atoms with E-state index >= 15 is 0 Å². The molecule has 1 heteroatoms. The van der Waals surface area contributed by atoms with E-state index in [1.807, 2.05) is 0 Å². The monoisotopic (exact) mass is 390 g/mol. The molecule has 0 aromatic heterocycles. The van der Waals surface area contributed by atoms with Gasteiger partial charge in [-0.25, -0.2) is 0 Å². The van der Waals surface area contributed by atoms with Crippen LogP contribution >= 0.6 is 0 Å². The predicted molar refractivity (Wildman–Crippen MR) is 130 cm³/mol. The Balaban J connectivity index is 3.49. The molecule has 0 aliphatic heterocycles. The molecular formula is C27H52N+. The van der Waals surface area contributed by atoms with Crippen molar-refractivity contribution in [1.82, 2.24) is 0 Å². The molecule has 0 heterocycles. The highest BCUT2D eigenvalue weighted by molar-refractivity contribution is 4.76. The molecule has 0 bridgehead atoms. The molecule has 0 fully saturated rings. The van der Waals surface area contributed by atoms with Gasteiger partial charge in [0.2, 0.25) is 0 Å². The number of quaternary nitrogens is 1. The Morgan fingerprint density at radius 3 is 1.04 bits per heavy atom. The molecule has 0 N–H and O–H groups in total. The van der Waals surface area contributed by atoms with Gasteiger partial charge in [-0.2, -0.15) is 0 Å². The lowest BCUT2D eigenvalue weighted by Crippen LogP contribution is -2.49. The first-order valence-corrected chi connectivity index (χ1v) is 12.4. The lowest BCUT2D eigenvalue weighted by atomic mass is 10.0. The molecule has 0 saturated heterocycles. The van der Waals surface area contributed by atoms with Gasteiger partial charge in [0.05, 0.1) is 26.2 Å². The zero-order valence-corrected chi connectivity index (χ0v) is 19.4. The number of hydrogen-bond donors (Lipinski definition) is 0. The Labute approximate surface area is 178 Å². The van der Waals surface area contributed by atoms with Crippen LogP contribution in [-0.4, -0.2) is 30.7 Å². The fourth-order valence-electron chi connectivity index (χ4n) is 4.31. The summed E-state index contributed by atoms with van der Waals surface area (Å²) in [5.41, 5.74) is 0. The van der Waals surface area contributed by atoms with E-state index in [1.54, 1.807) is 0 Å². The topological polar surface area (TPSA) is 0 Å². The van der Waals surface area contributed by atoms with Crippen molar-refractivity contribution < 1.29 is 4.48 Å². The molecule has 164 valence electrons. The summed E-state index contributed by atoms with van der Waals surface area (Å²) in [6, 6.07) is 0. The summed E-state index contributed by atoms with van der Waals surface area (Å²) in [6.07, 6.45) is 29.0. The summed E-state index contributed by atoms with van der Waals surface area (Å²) in [4.78, 5) is 0. The van der Waals surface area contributed by atoms with Gasteiger partial charge in [-0.15, -0.1) is 0 Å². The van der Waals surface area contributed by atoms with Crippen molar-refractivity contribution in [3.63, 3.8) is 0 Å². The van der Waals surface area contributed by atoms with E-state index in [2.05, 4.69) is 44.9 Å². The van der Waals surface area contributed by atoms with Gasteiger partial charge in [-0.3, -0.25) is 0 Å². The summed E-state index contributed by atoms with van der Waals surface area (Å²) in [5, 5.41) is 0. The maximum absolute atomic E-state index is 3.95. The van der Waals surface area contributed by atoms with Gasteiger partial charge in [0.25, 0.3) is 0 Å². The van der Waals surface area contributed by atoms with Gasteiger partial charge in [0.1, 0.15) is 0 Å². The maximum atomic E-state index is 3.95. The first kappa shape index (κ1) is 27.2. The van der Waals surface area contributed by atoms with Gasteiger partial charge in [0, 0.05) is 0 Å². The molecule has 28 heavy (non-hydrogen) atoms. The Morgan fingerprint density at radius 1 is 0.464 bits per heavy atom. The minimum atomic E-state index is 1.02. The van der Waals surface area contributed by atoms with Crippen LogP contribution in [-0.2, 0) is 0 Å². The third-order valence-electron chi connectivity index (χ3n) is 6.04. The highest BCUT2D eigenvalue weighted by Crippen LogP contribution is 2.15. The Hall–Kier alpha value is -0.820. The molecule has 0 radical (unpaired) electrons. The zero-order valence-electron chi connectivity index (χ0n) is 19.4. The summed E-state index contributed by atoms with van der Waals surface area (Å²) >= 11 is 0. The van der Waals surface area contributed by atoms with Crippen LogP contribution < -0.4 is 0 Å². The van der Waals surface area contributed by atoms with Gasteiger partial charge in [0.15, 0.2) is 0 Å². The first-order chi connectivity index (χ1) is 13.7. The Kier molecular flexibility index (Phi) is 20.3. The quantitative estimate of drug-likeness (QED) is 0.0930. The minimum Gasteiger partial charge on any atom is -0.314 e. The Bertz CT molecular complexity index is 331. The van der Waals surface area contributed by atoms with Crippen LogP contribution in [0.3, 0.4) is 0 Å². The standard InChI is InChI=1S/C27H52N/c1-5-9-10-11-12-13-14-15-16-17-18-19-20-21-22-23-27-28(24-6-2,25-7-3)26-8-4/h6-8H,2-5,9-27H2,1H3/q+1. The van der Waals surface area contributed by atoms with E-state index < -0.39 is 0 Å². The zero-order chi connectivity index (χ0) is 20.8. The van der Waals surface area contributed by atoms with Crippen LogP contribution in [0.5, 0.6) is 0 Å². The average molecular weight is 391 g/mol. The molecule has 0 spiro atoms. The molecule has 0 aromatic carbocycles. The second kappa shape index (κ2) is 20.9.